The summed E-state index contributed by atoms with van der Waals surface area (Å²) in [5.74, 6) is -0.0700. The van der Waals surface area contributed by atoms with Gasteiger partial charge in [0.15, 0.2) is 0 Å². The molecule has 1 saturated heterocycles. The van der Waals surface area contributed by atoms with Crippen molar-refractivity contribution < 1.29 is 17.5 Å². The molecule has 1 fully saturated rings. The summed E-state index contributed by atoms with van der Waals surface area (Å²) in [7, 11) is -3.97. The molecular weight excluding hydrogens is 369 g/mol. The van der Waals surface area contributed by atoms with Crippen LogP contribution in [-0.2, 0) is 21.3 Å². The zero-order chi connectivity index (χ0) is 17.9. The molecule has 0 unspecified atom stereocenters. The fraction of sp³-hybridized carbons (Fsp3) is 0.312. The predicted octanol–water partition coefficient (Wildman–Crippen LogP) is 2.19. The Morgan fingerprint density at radius 3 is 2.64 bits per heavy atom. The van der Waals surface area contributed by atoms with Crippen LogP contribution < -0.4 is 9.62 Å². The van der Waals surface area contributed by atoms with Crippen molar-refractivity contribution in [1.82, 2.24) is 9.71 Å². The summed E-state index contributed by atoms with van der Waals surface area (Å²) in [4.78, 5) is 6.01. The average Bonchev–Trinajstić information content (AvgIpc) is 2.61. The Balaban J connectivity index is 1.66. The van der Waals surface area contributed by atoms with Crippen LogP contribution in [0.25, 0.3) is 0 Å². The number of nitrogens with one attached hydrogen (secondary N) is 1. The quantitative estimate of drug-likeness (QED) is 0.854. The maximum absolute atomic E-state index is 13.8. The Labute approximate surface area is 150 Å². The molecule has 0 radical (unpaired) electrons. The zero-order valence-corrected chi connectivity index (χ0v) is 14.9. The normalized spacial score (nSPS) is 15.4. The first-order chi connectivity index (χ1) is 12.0. The number of benzene rings is 1. The minimum Gasteiger partial charge on any atom is -0.378 e. The summed E-state index contributed by atoms with van der Waals surface area (Å²) >= 11 is 5.64. The first-order valence-corrected chi connectivity index (χ1v) is 9.54. The highest BCUT2D eigenvalue weighted by Gasteiger charge is 2.19. The minimum absolute atomic E-state index is 0.0147. The van der Waals surface area contributed by atoms with Crippen molar-refractivity contribution in [2.24, 2.45) is 0 Å². The molecule has 1 aromatic heterocycles. The van der Waals surface area contributed by atoms with Crippen molar-refractivity contribution in [2.45, 2.75) is 11.4 Å². The SMILES string of the molecule is O=S(=O)(NCc1ccc(N2CCOCC2)nc1)c1ccc(Cl)cc1F. The predicted molar refractivity (Wildman–Crippen MR) is 92.7 cm³/mol. The molecule has 2 aromatic rings. The van der Waals surface area contributed by atoms with E-state index in [1.165, 1.54) is 6.07 Å². The fourth-order valence-corrected chi connectivity index (χ4v) is 3.68. The number of hydrogen-bond donors (Lipinski definition) is 1. The van der Waals surface area contributed by atoms with E-state index in [9.17, 15) is 12.8 Å². The average molecular weight is 386 g/mol. The van der Waals surface area contributed by atoms with Gasteiger partial charge in [-0.3, -0.25) is 0 Å². The first-order valence-electron chi connectivity index (χ1n) is 7.68. The Morgan fingerprint density at radius 2 is 2.00 bits per heavy atom. The Kier molecular flexibility index (Phi) is 5.53. The van der Waals surface area contributed by atoms with Crippen LogP contribution in [0.5, 0.6) is 0 Å². The van der Waals surface area contributed by atoms with Crippen LogP contribution in [-0.4, -0.2) is 39.7 Å². The van der Waals surface area contributed by atoms with Gasteiger partial charge in [0.2, 0.25) is 10.0 Å². The maximum atomic E-state index is 13.8. The third-order valence-electron chi connectivity index (χ3n) is 3.79. The molecule has 1 aliphatic rings. The highest BCUT2D eigenvalue weighted by atomic mass is 35.5. The van der Waals surface area contributed by atoms with E-state index < -0.39 is 20.7 Å². The van der Waals surface area contributed by atoms with Crippen LogP contribution in [0.2, 0.25) is 5.02 Å². The van der Waals surface area contributed by atoms with Crippen LogP contribution in [0.3, 0.4) is 0 Å². The number of ether oxygens (including phenoxy) is 1. The number of pyridine rings is 1. The summed E-state index contributed by atoms with van der Waals surface area (Å²) in [5, 5.41) is 0.138. The Hall–Kier alpha value is -1.74. The van der Waals surface area contributed by atoms with E-state index in [-0.39, 0.29) is 11.6 Å². The van der Waals surface area contributed by atoms with Gasteiger partial charge in [0, 0.05) is 30.9 Å². The van der Waals surface area contributed by atoms with Gasteiger partial charge in [0.25, 0.3) is 0 Å². The fourth-order valence-electron chi connectivity index (χ4n) is 2.45. The van der Waals surface area contributed by atoms with Gasteiger partial charge in [-0.2, -0.15) is 0 Å². The van der Waals surface area contributed by atoms with Gasteiger partial charge in [0.05, 0.1) is 13.2 Å². The topological polar surface area (TPSA) is 71.5 Å². The van der Waals surface area contributed by atoms with E-state index in [2.05, 4.69) is 14.6 Å². The maximum Gasteiger partial charge on any atom is 0.243 e. The van der Waals surface area contributed by atoms with Crippen LogP contribution >= 0.6 is 11.6 Å². The molecule has 6 nitrogen and oxygen atoms in total. The second-order valence-electron chi connectivity index (χ2n) is 5.52. The van der Waals surface area contributed by atoms with Crippen molar-refractivity contribution in [3.8, 4) is 0 Å². The molecule has 1 aliphatic heterocycles. The van der Waals surface area contributed by atoms with Gasteiger partial charge in [-0.25, -0.2) is 22.5 Å². The largest absolute Gasteiger partial charge is 0.378 e. The third kappa shape index (κ3) is 4.46. The minimum atomic E-state index is -3.97. The number of morpholine rings is 1. The van der Waals surface area contributed by atoms with Crippen LogP contribution in [0.15, 0.2) is 41.4 Å². The summed E-state index contributed by atoms with van der Waals surface area (Å²) < 4.78 is 45.9. The van der Waals surface area contributed by atoms with Crippen molar-refractivity contribution in [2.75, 3.05) is 31.2 Å². The molecule has 134 valence electrons. The Bertz CT molecular complexity index is 840. The van der Waals surface area contributed by atoms with Gasteiger partial charge in [-0.15, -0.1) is 0 Å². The molecule has 1 aromatic carbocycles. The molecule has 0 spiro atoms. The molecule has 0 aliphatic carbocycles. The van der Waals surface area contributed by atoms with E-state index in [0.29, 0.717) is 18.8 Å². The molecule has 25 heavy (non-hydrogen) atoms. The van der Waals surface area contributed by atoms with Crippen LogP contribution in [0, 0.1) is 5.82 Å². The van der Waals surface area contributed by atoms with Gasteiger partial charge in [0.1, 0.15) is 16.5 Å². The molecule has 3 rings (SSSR count). The summed E-state index contributed by atoms with van der Waals surface area (Å²) in [6.07, 6.45) is 1.60. The summed E-state index contributed by atoms with van der Waals surface area (Å²) in [5.41, 5.74) is 0.676. The lowest BCUT2D eigenvalue weighted by atomic mass is 10.3. The molecule has 0 saturated carbocycles. The smallest absolute Gasteiger partial charge is 0.243 e. The first kappa shape index (κ1) is 18.1. The number of anilines is 1. The molecular formula is C16H17ClFN3O3S. The lowest BCUT2D eigenvalue weighted by molar-refractivity contribution is 0.122. The van der Waals surface area contributed by atoms with Crippen LogP contribution in [0.4, 0.5) is 10.2 Å². The Morgan fingerprint density at radius 1 is 1.24 bits per heavy atom. The molecule has 2 heterocycles. The molecule has 0 atom stereocenters. The molecule has 9 heteroatoms. The van der Waals surface area contributed by atoms with E-state index >= 15 is 0 Å². The number of aromatic nitrogens is 1. The number of nitrogens with zero attached hydrogens (tertiary/aromatic N) is 2. The van der Waals surface area contributed by atoms with Crippen molar-refractivity contribution in [3.05, 3.63) is 52.9 Å². The van der Waals surface area contributed by atoms with Crippen molar-refractivity contribution in [3.63, 3.8) is 0 Å². The van der Waals surface area contributed by atoms with Crippen molar-refractivity contribution >= 4 is 27.4 Å². The summed E-state index contributed by atoms with van der Waals surface area (Å²) in [6, 6.07) is 7.06. The highest BCUT2D eigenvalue weighted by Crippen LogP contribution is 2.19. The van der Waals surface area contributed by atoms with Gasteiger partial charge < -0.3 is 9.64 Å². The van der Waals surface area contributed by atoms with Gasteiger partial charge in [-0.05, 0) is 29.8 Å². The molecule has 0 amide bonds. The van der Waals surface area contributed by atoms with Crippen molar-refractivity contribution in [1.29, 1.82) is 0 Å². The van der Waals surface area contributed by atoms with E-state index in [1.54, 1.807) is 12.3 Å². The zero-order valence-electron chi connectivity index (χ0n) is 13.3. The summed E-state index contributed by atoms with van der Waals surface area (Å²) in [6.45, 7) is 2.89. The lowest BCUT2D eigenvalue weighted by Crippen LogP contribution is -2.36. The number of halogens is 2. The third-order valence-corrected chi connectivity index (χ3v) is 5.46. The lowest BCUT2D eigenvalue weighted by Gasteiger charge is -2.27. The number of hydrogen-bond acceptors (Lipinski definition) is 5. The molecule has 1 N–H and O–H groups in total. The van der Waals surface area contributed by atoms with Gasteiger partial charge in [-0.1, -0.05) is 17.7 Å². The monoisotopic (exact) mass is 385 g/mol. The van der Waals surface area contributed by atoms with Crippen LogP contribution in [0.1, 0.15) is 5.56 Å². The second kappa shape index (κ2) is 7.65. The molecule has 0 bridgehead atoms. The second-order valence-corrected chi connectivity index (χ2v) is 7.70. The highest BCUT2D eigenvalue weighted by molar-refractivity contribution is 7.89. The standard InChI is InChI=1S/C16H17ClFN3O3S/c17-13-2-3-15(14(18)9-13)25(22,23)20-11-12-1-4-16(19-10-12)21-5-7-24-8-6-21/h1-4,9-10,20H,5-8,11H2. The number of sulfonamides is 1. The number of rotatable bonds is 5. The van der Waals surface area contributed by atoms with E-state index in [1.807, 2.05) is 6.07 Å². The van der Waals surface area contributed by atoms with E-state index in [4.69, 9.17) is 16.3 Å². The van der Waals surface area contributed by atoms with Gasteiger partial charge >= 0.3 is 0 Å². The van der Waals surface area contributed by atoms with E-state index in [0.717, 1.165) is 31.0 Å².